The molecule has 0 aromatic heterocycles. The predicted molar refractivity (Wildman–Crippen MR) is 63.9 cm³/mol. The monoisotopic (exact) mass is 217 g/mol. The number of nitrogens with zero attached hydrogens (tertiary/aromatic N) is 1. The van der Waals surface area contributed by atoms with Gasteiger partial charge in [-0.05, 0) is 50.8 Å². The first-order valence-corrected chi connectivity index (χ1v) is 7.11. The van der Waals surface area contributed by atoms with Crippen LogP contribution in [0.3, 0.4) is 0 Å². The zero-order chi connectivity index (χ0) is 10.2. The molecular formula is C11H23NOS. The lowest BCUT2D eigenvalue weighted by Gasteiger charge is -2.35. The van der Waals surface area contributed by atoms with Gasteiger partial charge < -0.3 is 10.0 Å². The van der Waals surface area contributed by atoms with Gasteiger partial charge in [0.25, 0.3) is 0 Å². The average Bonchev–Trinajstić information content (AvgIpc) is 2.21. The van der Waals surface area contributed by atoms with Crippen LogP contribution in [0.2, 0.25) is 0 Å². The zero-order valence-corrected chi connectivity index (χ0v) is 10.1. The lowest BCUT2D eigenvalue weighted by molar-refractivity contribution is 0.120. The summed E-state index contributed by atoms with van der Waals surface area (Å²) in [7, 11) is 0. The van der Waals surface area contributed by atoms with Crippen molar-refractivity contribution >= 4 is 11.8 Å². The Balaban J connectivity index is 2.22. The Bertz CT molecular complexity index is 141. The van der Waals surface area contributed by atoms with Gasteiger partial charge in [0.2, 0.25) is 0 Å². The van der Waals surface area contributed by atoms with Crippen LogP contribution in [0.4, 0.5) is 0 Å². The molecule has 1 rings (SSSR count). The van der Waals surface area contributed by atoms with Crippen LogP contribution in [0.15, 0.2) is 0 Å². The number of hydrogen-bond donors (Lipinski definition) is 1. The molecule has 0 radical (unpaired) electrons. The van der Waals surface area contributed by atoms with E-state index in [0.717, 1.165) is 6.42 Å². The van der Waals surface area contributed by atoms with Gasteiger partial charge >= 0.3 is 0 Å². The maximum Gasteiger partial charge on any atom is 0.0445 e. The highest BCUT2D eigenvalue weighted by Gasteiger charge is 2.20. The van der Waals surface area contributed by atoms with E-state index in [9.17, 15) is 0 Å². The fourth-order valence-electron chi connectivity index (χ4n) is 2.24. The van der Waals surface area contributed by atoms with Gasteiger partial charge in [0, 0.05) is 12.6 Å². The fourth-order valence-corrected chi connectivity index (χ4v) is 2.66. The Morgan fingerprint density at radius 3 is 3.00 bits per heavy atom. The molecule has 0 aromatic rings. The van der Waals surface area contributed by atoms with Crippen LogP contribution in [0.25, 0.3) is 0 Å². The van der Waals surface area contributed by atoms with Crippen LogP contribution in [0.1, 0.15) is 32.1 Å². The van der Waals surface area contributed by atoms with Crippen molar-refractivity contribution in [1.82, 2.24) is 4.90 Å². The van der Waals surface area contributed by atoms with E-state index < -0.39 is 0 Å². The summed E-state index contributed by atoms with van der Waals surface area (Å²) in [6.07, 6.45) is 8.43. The maximum atomic E-state index is 8.98. The average molecular weight is 217 g/mol. The van der Waals surface area contributed by atoms with Crippen LogP contribution in [0, 0.1) is 0 Å². The summed E-state index contributed by atoms with van der Waals surface area (Å²) < 4.78 is 0. The van der Waals surface area contributed by atoms with Gasteiger partial charge in [-0.3, -0.25) is 0 Å². The summed E-state index contributed by atoms with van der Waals surface area (Å²) in [5.41, 5.74) is 0. The zero-order valence-electron chi connectivity index (χ0n) is 9.24. The van der Waals surface area contributed by atoms with E-state index in [2.05, 4.69) is 11.2 Å². The van der Waals surface area contributed by atoms with Crippen LogP contribution in [-0.2, 0) is 0 Å². The number of hydrogen-bond acceptors (Lipinski definition) is 3. The van der Waals surface area contributed by atoms with Gasteiger partial charge in [-0.1, -0.05) is 6.42 Å². The lowest BCUT2D eigenvalue weighted by Crippen LogP contribution is -2.40. The molecule has 1 unspecified atom stereocenters. The van der Waals surface area contributed by atoms with E-state index in [1.165, 1.54) is 44.5 Å². The van der Waals surface area contributed by atoms with Crippen LogP contribution in [0.5, 0.6) is 0 Å². The van der Waals surface area contributed by atoms with E-state index in [1.807, 2.05) is 11.8 Å². The van der Waals surface area contributed by atoms with Crippen molar-refractivity contribution in [3.8, 4) is 0 Å². The first kappa shape index (κ1) is 12.3. The van der Waals surface area contributed by atoms with E-state index in [1.54, 1.807) is 0 Å². The Hall–Kier alpha value is 0.270. The number of piperidine rings is 1. The second-order valence-electron chi connectivity index (χ2n) is 4.04. The van der Waals surface area contributed by atoms with E-state index in [0.29, 0.717) is 12.6 Å². The summed E-state index contributed by atoms with van der Waals surface area (Å²) in [4.78, 5) is 2.58. The highest BCUT2D eigenvalue weighted by atomic mass is 32.2. The maximum absolute atomic E-state index is 8.98. The molecule has 0 bridgehead atoms. The molecule has 0 aromatic carbocycles. The molecule has 0 aliphatic carbocycles. The highest BCUT2D eigenvalue weighted by molar-refractivity contribution is 7.98. The van der Waals surface area contributed by atoms with Gasteiger partial charge in [-0.25, -0.2) is 0 Å². The molecule has 2 nitrogen and oxygen atoms in total. The Morgan fingerprint density at radius 1 is 1.43 bits per heavy atom. The summed E-state index contributed by atoms with van der Waals surface area (Å²) in [6, 6.07) is 0.663. The molecule has 1 saturated heterocycles. The quantitative estimate of drug-likeness (QED) is 0.688. The van der Waals surface area contributed by atoms with Crippen molar-refractivity contribution in [3.63, 3.8) is 0 Å². The topological polar surface area (TPSA) is 23.5 Å². The normalized spacial score (nSPS) is 24.0. The molecule has 1 aliphatic rings. The second kappa shape index (κ2) is 7.55. The third-order valence-electron chi connectivity index (χ3n) is 3.01. The number of thioether (sulfide) groups is 1. The van der Waals surface area contributed by atoms with Crippen LogP contribution >= 0.6 is 11.8 Å². The van der Waals surface area contributed by atoms with Gasteiger partial charge in [-0.2, -0.15) is 11.8 Å². The van der Waals surface area contributed by atoms with Gasteiger partial charge in [-0.15, -0.1) is 0 Å². The lowest BCUT2D eigenvalue weighted by atomic mass is 9.99. The molecule has 14 heavy (non-hydrogen) atoms. The van der Waals surface area contributed by atoms with Crippen molar-refractivity contribution < 1.29 is 5.11 Å². The molecule has 0 saturated carbocycles. The van der Waals surface area contributed by atoms with Crippen molar-refractivity contribution in [2.75, 3.05) is 31.7 Å². The third-order valence-corrected chi connectivity index (χ3v) is 3.70. The minimum Gasteiger partial charge on any atom is -0.396 e. The third kappa shape index (κ3) is 4.20. The fraction of sp³-hybridized carbons (Fsp3) is 1.00. The van der Waals surface area contributed by atoms with E-state index in [4.69, 9.17) is 5.11 Å². The van der Waals surface area contributed by atoms with Crippen molar-refractivity contribution in [2.24, 2.45) is 0 Å². The molecule has 1 fully saturated rings. The molecular weight excluding hydrogens is 194 g/mol. The number of aliphatic hydroxyl groups is 1. The minimum atomic E-state index is 0.351. The molecule has 0 spiro atoms. The largest absolute Gasteiger partial charge is 0.396 e. The summed E-state index contributed by atoms with van der Waals surface area (Å²) in [5, 5.41) is 8.98. The SMILES string of the molecule is CSCCCN1CCCCC1CCO. The highest BCUT2D eigenvalue weighted by Crippen LogP contribution is 2.19. The number of rotatable bonds is 6. The first-order valence-electron chi connectivity index (χ1n) is 5.72. The standard InChI is InChI=1S/C11H23NOS/c1-14-10-4-8-12-7-3-2-5-11(12)6-9-13/h11,13H,2-10H2,1H3. The Kier molecular flexibility index (Phi) is 6.65. The second-order valence-corrected chi connectivity index (χ2v) is 5.03. The van der Waals surface area contributed by atoms with Crippen molar-refractivity contribution in [2.45, 2.75) is 38.1 Å². The molecule has 1 heterocycles. The molecule has 3 heteroatoms. The summed E-state index contributed by atoms with van der Waals surface area (Å²) >= 11 is 1.93. The molecule has 1 N–H and O–H groups in total. The van der Waals surface area contributed by atoms with Crippen molar-refractivity contribution in [3.05, 3.63) is 0 Å². The van der Waals surface area contributed by atoms with Crippen LogP contribution in [-0.4, -0.2) is 47.8 Å². The Morgan fingerprint density at radius 2 is 2.29 bits per heavy atom. The van der Waals surface area contributed by atoms with E-state index in [-0.39, 0.29) is 0 Å². The first-order chi connectivity index (χ1) is 6.88. The molecule has 84 valence electrons. The number of aliphatic hydroxyl groups excluding tert-OH is 1. The smallest absolute Gasteiger partial charge is 0.0445 e. The van der Waals surface area contributed by atoms with Crippen LogP contribution < -0.4 is 0 Å². The molecule has 0 amide bonds. The molecule has 1 aliphatic heterocycles. The van der Waals surface area contributed by atoms with Gasteiger partial charge in [0.05, 0.1) is 0 Å². The minimum absolute atomic E-state index is 0.351. The summed E-state index contributed by atoms with van der Waals surface area (Å²) in [5.74, 6) is 1.27. The van der Waals surface area contributed by atoms with Gasteiger partial charge in [0.15, 0.2) is 0 Å². The Labute approximate surface area is 92.1 Å². The summed E-state index contributed by atoms with van der Waals surface area (Å²) in [6.45, 7) is 2.83. The van der Waals surface area contributed by atoms with Gasteiger partial charge in [0.1, 0.15) is 0 Å². The number of likely N-dealkylation sites (tertiary alicyclic amines) is 1. The van der Waals surface area contributed by atoms with E-state index >= 15 is 0 Å². The molecule has 1 atom stereocenters. The van der Waals surface area contributed by atoms with Crippen molar-refractivity contribution in [1.29, 1.82) is 0 Å². The predicted octanol–water partition coefficient (Wildman–Crippen LogP) is 1.98.